The van der Waals surface area contributed by atoms with Crippen molar-refractivity contribution >= 4 is 11.3 Å². The van der Waals surface area contributed by atoms with Crippen LogP contribution in [0, 0.1) is 6.92 Å². The van der Waals surface area contributed by atoms with Gasteiger partial charge in [-0.2, -0.15) is 0 Å². The van der Waals surface area contributed by atoms with Gasteiger partial charge in [0.05, 0.1) is 5.69 Å². The summed E-state index contributed by atoms with van der Waals surface area (Å²) >= 11 is 1.81. The molecule has 0 amide bonds. The van der Waals surface area contributed by atoms with Crippen molar-refractivity contribution in [3.05, 3.63) is 52.0 Å². The molecule has 0 aliphatic heterocycles. The fourth-order valence-electron chi connectivity index (χ4n) is 2.42. The van der Waals surface area contributed by atoms with Crippen molar-refractivity contribution in [1.29, 1.82) is 0 Å². The average Bonchev–Trinajstić information content (AvgIpc) is 2.98. The summed E-state index contributed by atoms with van der Waals surface area (Å²) in [6.07, 6.45) is 0. The molecule has 4 heteroatoms. The van der Waals surface area contributed by atoms with Gasteiger partial charge in [-0.25, -0.2) is 0 Å². The van der Waals surface area contributed by atoms with Crippen molar-refractivity contribution in [2.45, 2.75) is 39.9 Å². The number of aromatic nitrogens is 1. The van der Waals surface area contributed by atoms with E-state index in [2.05, 4.69) is 58.7 Å². The van der Waals surface area contributed by atoms with Crippen molar-refractivity contribution < 1.29 is 0 Å². The number of thiophene rings is 1. The van der Waals surface area contributed by atoms with Crippen molar-refractivity contribution in [3.8, 4) is 0 Å². The second kappa shape index (κ2) is 8.27. The molecule has 2 aromatic rings. The lowest BCUT2D eigenvalue weighted by molar-refractivity contribution is 0.203. The lowest BCUT2D eigenvalue weighted by Gasteiger charge is -2.27. The Balaban J connectivity index is 1.82. The van der Waals surface area contributed by atoms with Gasteiger partial charge in [-0.3, -0.25) is 9.88 Å². The maximum atomic E-state index is 4.60. The van der Waals surface area contributed by atoms with Crippen LogP contribution in [0.3, 0.4) is 0 Å². The molecule has 3 nitrogen and oxygen atoms in total. The molecule has 21 heavy (non-hydrogen) atoms. The SMILES string of the molecule is CCN(Cc1cccc(C)n1)C(C)CNCc1cccs1. The van der Waals surface area contributed by atoms with Crippen LogP contribution in [0.1, 0.15) is 30.1 Å². The zero-order chi connectivity index (χ0) is 15.1. The monoisotopic (exact) mass is 303 g/mol. The fourth-order valence-corrected chi connectivity index (χ4v) is 3.10. The van der Waals surface area contributed by atoms with Crippen LogP contribution in [0.5, 0.6) is 0 Å². The molecule has 1 atom stereocenters. The van der Waals surface area contributed by atoms with Crippen molar-refractivity contribution in [2.24, 2.45) is 0 Å². The number of nitrogens with one attached hydrogen (secondary N) is 1. The smallest absolute Gasteiger partial charge is 0.0547 e. The summed E-state index contributed by atoms with van der Waals surface area (Å²) in [4.78, 5) is 8.46. The Bertz CT molecular complexity index is 525. The van der Waals surface area contributed by atoms with E-state index in [4.69, 9.17) is 0 Å². The number of hydrogen-bond donors (Lipinski definition) is 1. The quantitative estimate of drug-likeness (QED) is 0.809. The van der Waals surface area contributed by atoms with Crippen molar-refractivity contribution in [1.82, 2.24) is 15.2 Å². The zero-order valence-electron chi connectivity index (χ0n) is 13.2. The average molecular weight is 303 g/mol. The van der Waals surface area contributed by atoms with E-state index < -0.39 is 0 Å². The summed E-state index contributed by atoms with van der Waals surface area (Å²) in [6.45, 7) is 10.5. The first-order chi connectivity index (χ1) is 10.2. The predicted octanol–water partition coefficient (Wildman–Crippen LogP) is 3.45. The second-order valence-electron chi connectivity index (χ2n) is 5.39. The van der Waals surface area contributed by atoms with Crippen molar-refractivity contribution in [3.63, 3.8) is 0 Å². The highest BCUT2D eigenvalue weighted by Crippen LogP contribution is 2.09. The number of pyridine rings is 1. The van der Waals surface area contributed by atoms with Crippen LogP contribution in [0.4, 0.5) is 0 Å². The molecule has 0 bridgehead atoms. The van der Waals surface area contributed by atoms with E-state index >= 15 is 0 Å². The van der Waals surface area contributed by atoms with Crippen LogP contribution >= 0.6 is 11.3 Å². The molecular formula is C17H25N3S. The lowest BCUT2D eigenvalue weighted by atomic mass is 10.2. The van der Waals surface area contributed by atoms with Crippen LogP contribution < -0.4 is 5.32 Å². The van der Waals surface area contributed by atoms with Crippen LogP contribution in [0.2, 0.25) is 0 Å². The van der Waals surface area contributed by atoms with E-state index in [1.165, 1.54) is 4.88 Å². The summed E-state index contributed by atoms with van der Waals surface area (Å²) in [5, 5.41) is 5.68. The number of aryl methyl sites for hydroxylation is 1. The molecule has 2 rings (SSSR count). The third-order valence-corrected chi connectivity index (χ3v) is 4.54. The van der Waals surface area contributed by atoms with E-state index in [1.807, 2.05) is 13.0 Å². The number of hydrogen-bond acceptors (Lipinski definition) is 4. The normalized spacial score (nSPS) is 12.8. The summed E-state index contributed by atoms with van der Waals surface area (Å²) in [5.74, 6) is 0. The van der Waals surface area contributed by atoms with Gasteiger partial charge in [0.1, 0.15) is 0 Å². The lowest BCUT2D eigenvalue weighted by Crippen LogP contribution is -2.39. The molecule has 0 spiro atoms. The summed E-state index contributed by atoms with van der Waals surface area (Å²) < 4.78 is 0. The molecule has 1 unspecified atom stereocenters. The number of rotatable bonds is 8. The molecule has 1 N–H and O–H groups in total. The Morgan fingerprint density at radius 3 is 2.81 bits per heavy atom. The third-order valence-electron chi connectivity index (χ3n) is 3.66. The number of nitrogens with zero attached hydrogens (tertiary/aromatic N) is 2. The topological polar surface area (TPSA) is 28.2 Å². The Morgan fingerprint density at radius 1 is 1.29 bits per heavy atom. The van der Waals surface area contributed by atoms with Crippen LogP contribution in [-0.4, -0.2) is 29.0 Å². The second-order valence-corrected chi connectivity index (χ2v) is 6.42. The molecule has 114 valence electrons. The van der Waals surface area contributed by atoms with Gasteiger partial charge >= 0.3 is 0 Å². The molecule has 0 aliphatic carbocycles. The minimum Gasteiger partial charge on any atom is -0.310 e. The molecular weight excluding hydrogens is 278 g/mol. The Morgan fingerprint density at radius 2 is 2.14 bits per heavy atom. The highest BCUT2D eigenvalue weighted by molar-refractivity contribution is 7.09. The maximum Gasteiger partial charge on any atom is 0.0547 e. The van der Waals surface area contributed by atoms with Crippen LogP contribution in [0.15, 0.2) is 35.7 Å². The molecule has 0 saturated heterocycles. The number of likely N-dealkylation sites (N-methyl/N-ethyl adjacent to an activating group) is 1. The first-order valence-electron chi connectivity index (χ1n) is 7.58. The molecule has 2 heterocycles. The van der Waals surface area contributed by atoms with E-state index in [1.54, 1.807) is 11.3 Å². The molecule has 0 radical (unpaired) electrons. The van der Waals surface area contributed by atoms with E-state index in [0.29, 0.717) is 6.04 Å². The van der Waals surface area contributed by atoms with Crippen molar-refractivity contribution in [2.75, 3.05) is 13.1 Å². The summed E-state index contributed by atoms with van der Waals surface area (Å²) in [6, 6.07) is 11.0. The largest absolute Gasteiger partial charge is 0.310 e. The van der Waals surface area contributed by atoms with Crippen LogP contribution in [0.25, 0.3) is 0 Å². The highest BCUT2D eigenvalue weighted by atomic mass is 32.1. The Labute approximate surface area is 132 Å². The first-order valence-corrected chi connectivity index (χ1v) is 8.46. The van der Waals surface area contributed by atoms with Gasteiger partial charge in [0, 0.05) is 36.2 Å². The third kappa shape index (κ3) is 5.23. The molecule has 0 aromatic carbocycles. The van der Waals surface area contributed by atoms with Gasteiger partial charge in [-0.15, -0.1) is 11.3 Å². The predicted molar refractivity (Wildman–Crippen MR) is 90.5 cm³/mol. The molecule has 0 saturated carbocycles. The van der Waals surface area contributed by atoms with Gasteiger partial charge in [0.15, 0.2) is 0 Å². The molecule has 2 aromatic heterocycles. The first kappa shape index (κ1) is 16.1. The zero-order valence-corrected chi connectivity index (χ0v) is 14.0. The van der Waals surface area contributed by atoms with Gasteiger partial charge < -0.3 is 5.32 Å². The van der Waals surface area contributed by atoms with E-state index in [0.717, 1.165) is 37.6 Å². The minimum absolute atomic E-state index is 0.497. The Kier molecular flexibility index (Phi) is 6.36. The summed E-state index contributed by atoms with van der Waals surface area (Å²) in [5.41, 5.74) is 2.24. The molecule has 0 aliphatic rings. The standard InChI is InChI=1S/C17H25N3S/c1-4-20(13-16-8-5-7-14(2)19-16)15(3)11-18-12-17-9-6-10-21-17/h5-10,15,18H,4,11-13H2,1-3H3. The Hall–Kier alpha value is -1.23. The van der Waals surface area contributed by atoms with Gasteiger partial charge in [-0.1, -0.05) is 19.1 Å². The minimum atomic E-state index is 0.497. The fraction of sp³-hybridized carbons (Fsp3) is 0.471. The van der Waals surface area contributed by atoms with E-state index in [-0.39, 0.29) is 0 Å². The molecule has 0 fully saturated rings. The van der Waals surface area contributed by atoms with Crippen LogP contribution in [-0.2, 0) is 13.1 Å². The van der Waals surface area contributed by atoms with E-state index in [9.17, 15) is 0 Å². The summed E-state index contributed by atoms with van der Waals surface area (Å²) in [7, 11) is 0. The highest BCUT2D eigenvalue weighted by Gasteiger charge is 2.12. The van der Waals surface area contributed by atoms with Gasteiger partial charge in [-0.05, 0) is 44.0 Å². The maximum absolute atomic E-state index is 4.60. The van der Waals surface area contributed by atoms with Gasteiger partial charge in [0.25, 0.3) is 0 Å². The van der Waals surface area contributed by atoms with Gasteiger partial charge in [0.2, 0.25) is 0 Å².